The number of rotatable bonds is 5. The predicted octanol–water partition coefficient (Wildman–Crippen LogP) is 3.04. The van der Waals surface area contributed by atoms with Crippen molar-refractivity contribution in [3.8, 4) is 5.75 Å². The number of halogens is 1. The Balaban J connectivity index is 1.93. The fourth-order valence-corrected chi connectivity index (χ4v) is 3.72. The van der Waals surface area contributed by atoms with Crippen LogP contribution >= 0.6 is 22.9 Å². The van der Waals surface area contributed by atoms with Gasteiger partial charge in [-0.2, -0.15) is 4.99 Å². The number of benzene rings is 2. The van der Waals surface area contributed by atoms with Gasteiger partial charge in [-0.1, -0.05) is 47.2 Å². The zero-order chi connectivity index (χ0) is 18.5. The average Bonchev–Trinajstić information content (AvgIpc) is 2.99. The highest BCUT2D eigenvalue weighted by molar-refractivity contribution is 7.16. The third-order valence-electron chi connectivity index (χ3n) is 3.49. The molecule has 0 atom stereocenters. The second-order valence-corrected chi connectivity index (χ2v) is 6.66. The van der Waals surface area contributed by atoms with Crippen LogP contribution in [0.4, 0.5) is 0 Å². The fraction of sp³-hybridized carbons (Fsp3) is 0.167. The van der Waals surface area contributed by atoms with E-state index in [0.717, 1.165) is 4.70 Å². The third kappa shape index (κ3) is 4.12. The lowest BCUT2D eigenvalue weighted by atomic mass is 10.3. The van der Waals surface area contributed by atoms with Crippen molar-refractivity contribution in [1.29, 1.82) is 0 Å². The van der Waals surface area contributed by atoms with Crippen molar-refractivity contribution >= 4 is 45.0 Å². The molecule has 6 nitrogen and oxygen atoms in total. The molecule has 3 aromatic rings. The lowest BCUT2D eigenvalue weighted by Crippen LogP contribution is -2.23. The van der Waals surface area contributed by atoms with E-state index in [2.05, 4.69) is 4.99 Å². The molecule has 0 aliphatic heterocycles. The SMILES string of the molecule is COC(=O)Cn1c(=NC(=O)COc2ccccc2)sc2cccc(Cl)c21. The summed E-state index contributed by atoms with van der Waals surface area (Å²) in [5.41, 5.74) is 0.639. The summed E-state index contributed by atoms with van der Waals surface area (Å²) in [5, 5.41) is 0.470. The molecule has 0 bridgehead atoms. The first kappa shape index (κ1) is 18.2. The smallest absolute Gasteiger partial charge is 0.325 e. The summed E-state index contributed by atoms with van der Waals surface area (Å²) in [6, 6.07) is 14.4. The Labute approximate surface area is 158 Å². The molecule has 1 aromatic heterocycles. The van der Waals surface area contributed by atoms with Crippen LogP contribution < -0.4 is 9.54 Å². The molecular formula is C18H15ClN2O4S. The molecule has 0 fully saturated rings. The Bertz CT molecular complexity index is 1010. The number of amides is 1. The Kier molecular flexibility index (Phi) is 5.70. The summed E-state index contributed by atoms with van der Waals surface area (Å²) < 4.78 is 12.5. The van der Waals surface area contributed by atoms with Crippen LogP contribution in [0.5, 0.6) is 5.75 Å². The highest BCUT2D eigenvalue weighted by Gasteiger charge is 2.14. The maximum Gasteiger partial charge on any atom is 0.325 e. The molecule has 0 saturated carbocycles. The summed E-state index contributed by atoms with van der Waals surface area (Å²) in [5.74, 6) is -0.341. The molecule has 8 heteroatoms. The van der Waals surface area contributed by atoms with Gasteiger partial charge in [0.2, 0.25) is 0 Å². The molecule has 0 aliphatic rings. The van der Waals surface area contributed by atoms with Crippen molar-refractivity contribution in [2.45, 2.75) is 6.54 Å². The van der Waals surface area contributed by atoms with Crippen molar-refractivity contribution in [1.82, 2.24) is 4.57 Å². The van der Waals surface area contributed by atoms with Gasteiger partial charge in [0.25, 0.3) is 5.91 Å². The summed E-state index contributed by atoms with van der Waals surface area (Å²) in [6.45, 7) is -0.296. The minimum Gasteiger partial charge on any atom is -0.484 e. The van der Waals surface area contributed by atoms with Gasteiger partial charge in [-0.05, 0) is 24.3 Å². The van der Waals surface area contributed by atoms with E-state index in [1.807, 2.05) is 24.3 Å². The number of ether oxygens (including phenoxy) is 2. The van der Waals surface area contributed by atoms with Gasteiger partial charge in [0.05, 0.1) is 22.3 Å². The second-order valence-electron chi connectivity index (χ2n) is 5.24. The summed E-state index contributed by atoms with van der Waals surface area (Å²) in [6.07, 6.45) is 0. The number of carbonyl (C=O) groups is 2. The van der Waals surface area contributed by atoms with Gasteiger partial charge in [-0.3, -0.25) is 9.59 Å². The van der Waals surface area contributed by atoms with E-state index in [1.165, 1.54) is 18.4 Å². The van der Waals surface area contributed by atoms with E-state index in [-0.39, 0.29) is 13.2 Å². The molecule has 26 heavy (non-hydrogen) atoms. The van der Waals surface area contributed by atoms with Gasteiger partial charge in [0.15, 0.2) is 11.4 Å². The zero-order valence-electron chi connectivity index (χ0n) is 13.8. The third-order valence-corrected chi connectivity index (χ3v) is 4.84. The fourth-order valence-electron chi connectivity index (χ4n) is 2.31. The van der Waals surface area contributed by atoms with E-state index in [4.69, 9.17) is 21.1 Å². The van der Waals surface area contributed by atoms with Crippen molar-refractivity contribution in [3.63, 3.8) is 0 Å². The molecule has 1 heterocycles. The van der Waals surface area contributed by atoms with Crippen LogP contribution in [0, 0.1) is 0 Å². The quantitative estimate of drug-likeness (QED) is 0.628. The highest BCUT2D eigenvalue weighted by Crippen LogP contribution is 2.25. The maximum absolute atomic E-state index is 12.2. The van der Waals surface area contributed by atoms with Crippen LogP contribution in [0.25, 0.3) is 10.2 Å². The number of hydrogen-bond acceptors (Lipinski definition) is 5. The van der Waals surface area contributed by atoms with Crippen LogP contribution in [-0.4, -0.2) is 30.2 Å². The maximum atomic E-state index is 12.2. The molecule has 0 unspecified atom stereocenters. The van der Waals surface area contributed by atoms with Crippen LogP contribution in [0.1, 0.15) is 0 Å². The van der Waals surface area contributed by atoms with Crippen LogP contribution in [0.2, 0.25) is 5.02 Å². The topological polar surface area (TPSA) is 69.9 Å². The highest BCUT2D eigenvalue weighted by atomic mass is 35.5. The van der Waals surface area contributed by atoms with E-state index in [9.17, 15) is 9.59 Å². The number of carbonyl (C=O) groups excluding carboxylic acids is 2. The average molecular weight is 391 g/mol. The Morgan fingerprint density at radius 2 is 1.92 bits per heavy atom. The van der Waals surface area contributed by atoms with Gasteiger partial charge >= 0.3 is 5.97 Å². The van der Waals surface area contributed by atoms with Gasteiger partial charge < -0.3 is 14.0 Å². The minimum atomic E-state index is -0.463. The first-order valence-electron chi connectivity index (χ1n) is 7.68. The first-order valence-corrected chi connectivity index (χ1v) is 8.88. The number of nitrogens with zero attached hydrogens (tertiary/aromatic N) is 2. The van der Waals surface area contributed by atoms with Crippen molar-refractivity contribution < 1.29 is 19.1 Å². The molecule has 2 aromatic carbocycles. The summed E-state index contributed by atoms with van der Waals surface area (Å²) >= 11 is 7.53. The Hall–Kier alpha value is -2.64. The molecule has 134 valence electrons. The van der Waals surface area contributed by atoms with Crippen molar-refractivity contribution in [3.05, 3.63) is 58.4 Å². The van der Waals surface area contributed by atoms with Crippen LogP contribution in [-0.2, 0) is 20.9 Å². The van der Waals surface area contributed by atoms with Gasteiger partial charge in [0.1, 0.15) is 12.3 Å². The summed E-state index contributed by atoms with van der Waals surface area (Å²) in [4.78, 5) is 28.4. The number of para-hydroxylation sites is 2. The van der Waals surface area contributed by atoms with Crippen molar-refractivity contribution in [2.24, 2.45) is 4.99 Å². The molecule has 1 amide bonds. The Morgan fingerprint density at radius 1 is 1.15 bits per heavy atom. The number of esters is 1. The molecule has 0 N–H and O–H groups in total. The molecule has 0 saturated heterocycles. The predicted molar refractivity (Wildman–Crippen MR) is 99.3 cm³/mol. The van der Waals surface area contributed by atoms with Gasteiger partial charge in [0, 0.05) is 0 Å². The largest absolute Gasteiger partial charge is 0.484 e. The van der Waals surface area contributed by atoms with Gasteiger partial charge in [-0.25, -0.2) is 0 Å². The lowest BCUT2D eigenvalue weighted by Gasteiger charge is -2.05. The lowest BCUT2D eigenvalue weighted by molar-refractivity contribution is -0.141. The van der Waals surface area contributed by atoms with Crippen LogP contribution in [0.15, 0.2) is 53.5 Å². The van der Waals surface area contributed by atoms with E-state index in [0.29, 0.717) is 21.1 Å². The first-order chi connectivity index (χ1) is 12.6. The van der Waals surface area contributed by atoms with Crippen LogP contribution in [0.3, 0.4) is 0 Å². The van der Waals surface area contributed by atoms with Crippen molar-refractivity contribution in [2.75, 3.05) is 13.7 Å². The second kappa shape index (κ2) is 8.16. The number of fused-ring (bicyclic) bond motifs is 1. The number of methoxy groups -OCH3 is 1. The van der Waals surface area contributed by atoms with E-state index < -0.39 is 11.9 Å². The molecule has 0 aliphatic carbocycles. The number of thiazole rings is 1. The van der Waals surface area contributed by atoms with E-state index >= 15 is 0 Å². The summed E-state index contributed by atoms with van der Waals surface area (Å²) in [7, 11) is 1.30. The molecule has 0 spiro atoms. The Morgan fingerprint density at radius 3 is 2.65 bits per heavy atom. The van der Waals surface area contributed by atoms with E-state index in [1.54, 1.807) is 28.8 Å². The minimum absolute atomic E-state index is 0.0914. The van der Waals surface area contributed by atoms with Gasteiger partial charge in [-0.15, -0.1) is 0 Å². The standard InChI is InChI=1S/C18H15ClN2O4S/c1-24-16(23)10-21-17-13(19)8-5-9-14(17)26-18(21)20-15(22)11-25-12-6-3-2-4-7-12/h2-9H,10-11H2,1H3. The molecule has 3 rings (SSSR count). The monoisotopic (exact) mass is 390 g/mol. The molecular weight excluding hydrogens is 376 g/mol. The number of hydrogen-bond donors (Lipinski definition) is 0. The molecule has 0 radical (unpaired) electrons. The number of aromatic nitrogens is 1. The normalized spacial score (nSPS) is 11.5. The zero-order valence-corrected chi connectivity index (χ0v) is 15.4.